The second kappa shape index (κ2) is 6.97. The summed E-state index contributed by atoms with van der Waals surface area (Å²) < 4.78 is 1.38. The molecule has 0 bridgehead atoms. The summed E-state index contributed by atoms with van der Waals surface area (Å²) in [5.41, 5.74) is 0.136. The molecule has 3 rings (SSSR count). The number of carbonyl (C=O) groups excluding carboxylic acids is 1. The van der Waals surface area contributed by atoms with Gasteiger partial charge < -0.3 is 5.32 Å². The minimum atomic E-state index is -0.267. The summed E-state index contributed by atoms with van der Waals surface area (Å²) in [6.07, 6.45) is 0.776. The molecule has 2 heterocycles. The number of rotatable bonds is 5. The summed E-state index contributed by atoms with van der Waals surface area (Å²) in [5, 5.41) is 10.4. The molecule has 3 aromatic rings. The number of carbonyl (C=O) groups is 1. The average Bonchev–Trinajstić information content (AvgIpc) is 3.12. The topological polar surface area (TPSA) is 64.0 Å². The molecular formula is C18H19N3O2S. The monoisotopic (exact) mass is 341 g/mol. The van der Waals surface area contributed by atoms with Gasteiger partial charge in [0, 0.05) is 16.8 Å². The van der Waals surface area contributed by atoms with Gasteiger partial charge in [-0.25, -0.2) is 4.68 Å². The minimum absolute atomic E-state index is 0.107. The summed E-state index contributed by atoms with van der Waals surface area (Å²) in [6, 6.07) is 11.0. The lowest BCUT2D eigenvalue weighted by atomic mass is 10.1. The van der Waals surface area contributed by atoms with Crippen molar-refractivity contribution in [2.45, 2.75) is 32.9 Å². The maximum absolute atomic E-state index is 12.7. The smallest absolute Gasteiger partial charge is 0.274 e. The SMILES string of the molecule is CCCn1nc(C(=O)NC(C)c2cccs2)c2ccccc2c1=O. The summed E-state index contributed by atoms with van der Waals surface area (Å²) >= 11 is 1.60. The summed E-state index contributed by atoms with van der Waals surface area (Å²) in [6.45, 7) is 4.40. The first-order valence-corrected chi connectivity index (χ1v) is 8.84. The molecular weight excluding hydrogens is 322 g/mol. The lowest BCUT2D eigenvalue weighted by Gasteiger charge is -2.14. The van der Waals surface area contributed by atoms with Crippen LogP contribution >= 0.6 is 11.3 Å². The van der Waals surface area contributed by atoms with E-state index in [1.54, 1.807) is 29.5 Å². The van der Waals surface area contributed by atoms with Crippen molar-refractivity contribution in [3.05, 3.63) is 62.7 Å². The zero-order valence-electron chi connectivity index (χ0n) is 13.7. The maximum Gasteiger partial charge on any atom is 0.274 e. The van der Waals surface area contributed by atoms with E-state index in [2.05, 4.69) is 10.4 Å². The van der Waals surface area contributed by atoms with Gasteiger partial charge in [-0.2, -0.15) is 5.10 Å². The second-order valence-corrected chi connectivity index (χ2v) is 6.61. The number of aryl methyl sites for hydroxylation is 1. The van der Waals surface area contributed by atoms with Crippen LogP contribution in [0.25, 0.3) is 10.8 Å². The van der Waals surface area contributed by atoms with Crippen molar-refractivity contribution < 1.29 is 4.79 Å². The molecule has 24 heavy (non-hydrogen) atoms. The van der Waals surface area contributed by atoms with Gasteiger partial charge >= 0.3 is 0 Å². The van der Waals surface area contributed by atoms with E-state index in [-0.39, 0.29) is 17.5 Å². The molecule has 1 unspecified atom stereocenters. The molecule has 0 spiro atoms. The fourth-order valence-corrected chi connectivity index (χ4v) is 3.37. The van der Waals surface area contributed by atoms with Crippen LogP contribution in [-0.4, -0.2) is 15.7 Å². The maximum atomic E-state index is 12.7. The fourth-order valence-electron chi connectivity index (χ4n) is 2.64. The third-order valence-electron chi connectivity index (χ3n) is 3.84. The number of aromatic nitrogens is 2. The normalized spacial score (nSPS) is 12.2. The van der Waals surface area contributed by atoms with Gasteiger partial charge in [-0.3, -0.25) is 9.59 Å². The van der Waals surface area contributed by atoms with E-state index in [4.69, 9.17) is 0 Å². The molecule has 0 radical (unpaired) electrons. The van der Waals surface area contributed by atoms with E-state index in [1.807, 2.05) is 37.4 Å². The van der Waals surface area contributed by atoms with Crippen LogP contribution in [0, 0.1) is 0 Å². The van der Waals surface area contributed by atoms with Crippen molar-refractivity contribution in [1.82, 2.24) is 15.1 Å². The molecule has 1 atom stereocenters. The Bertz CT molecular complexity index is 916. The number of fused-ring (bicyclic) bond motifs is 1. The number of hydrogen-bond acceptors (Lipinski definition) is 4. The van der Waals surface area contributed by atoms with Crippen molar-refractivity contribution in [2.24, 2.45) is 0 Å². The predicted octanol–water partition coefficient (Wildman–Crippen LogP) is 3.36. The Kier molecular flexibility index (Phi) is 4.76. The van der Waals surface area contributed by atoms with Gasteiger partial charge in [-0.05, 0) is 30.9 Å². The van der Waals surface area contributed by atoms with E-state index >= 15 is 0 Å². The molecule has 0 aliphatic heterocycles. The van der Waals surface area contributed by atoms with E-state index in [0.29, 0.717) is 23.0 Å². The fraction of sp³-hybridized carbons (Fsp3) is 0.278. The highest BCUT2D eigenvalue weighted by atomic mass is 32.1. The van der Waals surface area contributed by atoms with Crippen LogP contribution in [0.4, 0.5) is 0 Å². The van der Waals surface area contributed by atoms with Gasteiger partial charge in [0.2, 0.25) is 0 Å². The Balaban J connectivity index is 2.03. The van der Waals surface area contributed by atoms with E-state index in [1.165, 1.54) is 4.68 Å². The molecule has 6 heteroatoms. The van der Waals surface area contributed by atoms with Crippen molar-refractivity contribution >= 4 is 28.0 Å². The molecule has 2 aromatic heterocycles. The minimum Gasteiger partial charge on any atom is -0.343 e. The zero-order chi connectivity index (χ0) is 17.1. The first kappa shape index (κ1) is 16.4. The highest BCUT2D eigenvalue weighted by molar-refractivity contribution is 7.10. The molecule has 5 nitrogen and oxygen atoms in total. The van der Waals surface area contributed by atoms with Crippen LogP contribution in [0.2, 0.25) is 0 Å². The Morgan fingerprint density at radius 1 is 1.25 bits per heavy atom. The van der Waals surface area contributed by atoms with E-state index < -0.39 is 0 Å². The van der Waals surface area contributed by atoms with Crippen LogP contribution in [0.1, 0.15) is 41.7 Å². The average molecular weight is 341 g/mol. The Morgan fingerprint density at radius 3 is 2.67 bits per heavy atom. The molecule has 1 N–H and O–H groups in total. The van der Waals surface area contributed by atoms with Crippen LogP contribution in [0.3, 0.4) is 0 Å². The zero-order valence-corrected chi connectivity index (χ0v) is 14.5. The molecule has 0 saturated heterocycles. The van der Waals surface area contributed by atoms with Gasteiger partial charge in [0.1, 0.15) is 0 Å². The van der Waals surface area contributed by atoms with Gasteiger partial charge in [0.25, 0.3) is 11.5 Å². The second-order valence-electron chi connectivity index (χ2n) is 5.63. The van der Waals surface area contributed by atoms with Crippen molar-refractivity contribution in [3.63, 3.8) is 0 Å². The van der Waals surface area contributed by atoms with Gasteiger partial charge in [0.15, 0.2) is 5.69 Å². The number of thiophene rings is 1. The van der Waals surface area contributed by atoms with Crippen LogP contribution in [0.5, 0.6) is 0 Å². The van der Waals surface area contributed by atoms with Gasteiger partial charge in [0.05, 0.1) is 11.4 Å². The molecule has 0 fully saturated rings. The highest BCUT2D eigenvalue weighted by Crippen LogP contribution is 2.20. The van der Waals surface area contributed by atoms with E-state index in [0.717, 1.165) is 11.3 Å². The van der Waals surface area contributed by atoms with Crippen molar-refractivity contribution in [3.8, 4) is 0 Å². The number of nitrogens with one attached hydrogen (secondary N) is 1. The van der Waals surface area contributed by atoms with Crippen molar-refractivity contribution in [1.29, 1.82) is 0 Å². The third kappa shape index (κ3) is 3.10. The molecule has 1 amide bonds. The summed E-state index contributed by atoms with van der Waals surface area (Å²) in [5.74, 6) is -0.267. The summed E-state index contributed by atoms with van der Waals surface area (Å²) in [7, 11) is 0. The predicted molar refractivity (Wildman–Crippen MR) is 96.5 cm³/mol. The Labute approximate surface area is 143 Å². The lowest BCUT2D eigenvalue weighted by Crippen LogP contribution is -2.31. The van der Waals surface area contributed by atoms with Gasteiger partial charge in [-0.1, -0.05) is 31.2 Å². The number of benzene rings is 1. The van der Waals surface area contributed by atoms with Gasteiger partial charge in [-0.15, -0.1) is 11.3 Å². The van der Waals surface area contributed by atoms with Crippen LogP contribution in [-0.2, 0) is 6.54 Å². The molecule has 1 aromatic carbocycles. The quantitative estimate of drug-likeness (QED) is 0.774. The number of hydrogen-bond donors (Lipinski definition) is 1. The van der Waals surface area contributed by atoms with Crippen molar-refractivity contribution in [2.75, 3.05) is 0 Å². The van der Waals surface area contributed by atoms with Crippen LogP contribution in [0.15, 0.2) is 46.6 Å². The number of amides is 1. The third-order valence-corrected chi connectivity index (χ3v) is 4.89. The molecule has 0 saturated carbocycles. The molecule has 0 aliphatic carbocycles. The standard InChI is InChI=1S/C18H19N3O2S/c1-3-10-21-18(23)14-8-5-4-7-13(14)16(20-21)17(22)19-12(2)15-9-6-11-24-15/h4-9,11-12H,3,10H2,1-2H3,(H,19,22). The van der Waals surface area contributed by atoms with Crippen LogP contribution < -0.4 is 10.9 Å². The Hall–Kier alpha value is -2.47. The molecule has 124 valence electrons. The van der Waals surface area contributed by atoms with E-state index in [9.17, 15) is 9.59 Å². The summed E-state index contributed by atoms with van der Waals surface area (Å²) in [4.78, 5) is 26.3. The first-order valence-electron chi connectivity index (χ1n) is 7.96. The Morgan fingerprint density at radius 2 is 2.00 bits per heavy atom. The highest BCUT2D eigenvalue weighted by Gasteiger charge is 2.18. The largest absolute Gasteiger partial charge is 0.343 e. The first-order chi connectivity index (χ1) is 11.6. The molecule has 0 aliphatic rings. The lowest BCUT2D eigenvalue weighted by molar-refractivity contribution is 0.0935. The number of nitrogens with zero attached hydrogens (tertiary/aromatic N) is 2.